The fourth-order valence-corrected chi connectivity index (χ4v) is 3.49. The van der Waals surface area contributed by atoms with Crippen LogP contribution >= 0.6 is 0 Å². The Bertz CT molecular complexity index is 939. The summed E-state index contributed by atoms with van der Waals surface area (Å²) in [7, 11) is 0. The number of nitrogens with zero attached hydrogens (tertiary/aromatic N) is 4. The standard InChI is InChI=1S/C20H25N5O2/c1-12(2)27-16-9-17(25-7-8-26-11-14(25)4)23-20-18(16)13(3)10-21-19(20)15-5-6-22-24-15/h5-6,9-10,12,14H,7-8,11H2,1-4H3,(H,22,24). The van der Waals surface area contributed by atoms with E-state index < -0.39 is 0 Å². The predicted octanol–water partition coefficient (Wildman–Crippen LogP) is 3.34. The molecule has 0 bridgehead atoms. The number of anilines is 1. The van der Waals surface area contributed by atoms with Crippen LogP contribution in [0.25, 0.3) is 22.3 Å². The molecule has 1 aliphatic heterocycles. The molecule has 1 aliphatic rings. The molecule has 4 rings (SSSR count). The number of aryl methyl sites for hydroxylation is 1. The Morgan fingerprint density at radius 3 is 2.93 bits per heavy atom. The van der Waals surface area contributed by atoms with E-state index in [9.17, 15) is 0 Å². The Morgan fingerprint density at radius 2 is 2.22 bits per heavy atom. The van der Waals surface area contributed by atoms with Crippen LogP contribution in [0.1, 0.15) is 26.3 Å². The lowest BCUT2D eigenvalue weighted by atomic mass is 10.1. The molecule has 0 aromatic carbocycles. The number of aromatic amines is 1. The second-order valence-electron chi connectivity index (χ2n) is 7.25. The molecule has 3 aromatic heterocycles. The average molecular weight is 367 g/mol. The van der Waals surface area contributed by atoms with E-state index in [1.165, 1.54) is 0 Å². The van der Waals surface area contributed by atoms with Crippen LogP contribution in [0.3, 0.4) is 0 Å². The van der Waals surface area contributed by atoms with Gasteiger partial charge in [0.05, 0.1) is 31.1 Å². The molecule has 0 amide bonds. The second kappa shape index (κ2) is 7.15. The number of fused-ring (bicyclic) bond motifs is 1. The minimum atomic E-state index is 0.0636. The maximum Gasteiger partial charge on any atom is 0.133 e. The highest BCUT2D eigenvalue weighted by atomic mass is 16.5. The minimum Gasteiger partial charge on any atom is -0.490 e. The van der Waals surface area contributed by atoms with Gasteiger partial charge in [-0.15, -0.1) is 0 Å². The summed E-state index contributed by atoms with van der Waals surface area (Å²) in [6.45, 7) is 10.5. The Morgan fingerprint density at radius 1 is 1.37 bits per heavy atom. The van der Waals surface area contributed by atoms with Crippen LogP contribution in [0.2, 0.25) is 0 Å². The maximum atomic E-state index is 6.20. The first kappa shape index (κ1) is 17.7. The lowest BCUT2D eigenvalue weighted by Crippen LogP contribution is -2.44. The summed E-state index contributed by atoms with van der Waals surface area (Å²) in [5.41, 5.74) is 3.49. The third-order valence-corrected chi connectivity index (χ3v) is 4.76. The van der Waals surface area contributed by atoms with E-state index in [0.29, 0.717) is 13.2 Å². The van der Waals surface area contributed by atoms with Gasteiger partial charge in [0.15, 0.2) is 0 Å². The number of hydrogen-bond donors (Lipinski definition) is 1. The number of rotatable bonds is 4. The highest BCUT2D eigenvalue weighted by Crippen LogP contribution is 2.36. The maximum absolute atomic E-state index is 6.20. The van der Waals surface area contributed by atoms with Crippen molar-refractivity contribution in [3.05, 3.63) is 30.1 Å². The van der Waals surface area contributed by atoms with Crippen LogP contribution < -0.4 is 9.64 Å². The van der Waals surface area contributed by atoms with Crippen molar-refractivity contribution in [2.75, 3.05) is 24.7 Å². The summed E-state index contributed by atoms with van der Waals surface area (Å²) in [5.74, 6) is 1.73. The Balaban J connectivity index is 1.96. The first-order chi connectivity index (χ1) is 13.0. The first-order valence-corrected chi connectivity index (χ1v) is 9.35. The molecule has 1 unspecified atom stereocenters. The van der Waals surface area contributed by atoms with Crippen molar-refractivity contribution in [3.8, 4) is 17.1 Å². The van der Waals surface area contributed by atoms with Crippen LogP contribution in [0, 0.1) is 6.92 Å². The van der Waals surface area contributed by atoms with E-state index in [1.54, 1.807) is 6.20 Å². The normalized spacial score (nSPS) is 17.7. The molecule has 0 aliphatic carbocycles. The molecular formula is C20H25N5O2. The van der Waals surface area contributed by atoms with Crippen molar-refractivity contribution in [3.63, 3.8) is 0 Å². The van der Waals surface area contributed by atoms with Crippen LogP contribution in [0.4, 0.5) is 5.82 Å². The molecule has 1 atom stereocenters. The fourth-order valence-electron chi connectivity index (χ4n) is 3.49. The van der Waals surface area contributed by atoms with Crippen molar-refractivity contribution >= 4 is 16.7 Å². The summed E-state index contributed by atoms with van der Waals surface area (Å²) < 4.78 is 11.8. The summed E-state index contributed by atoms with van der Waals surface area (Å²) in [4.78, 5) is 11.9. The van der Waals surface area contributed by atoms with E-state index >= 15 is 0 Å². The molecule has 0 spiro atoms. The van der Waals surface area contributed by atoms with Crippen LogP contribution in [0.5, 0.6) is 5.75 Å². The first-order valence-electron chi connectivity index (χ1n) is 9.35. The minimum absolute atomic E-state index is 0.0636. The Labute approximate surface area is 158 Å². The molecule has 142 valence electrons. The van der Waals surface area contributed by atoms with E-state index in [2.05, 4.69) is 27.0 Å². The third kappa shape index (κ3) is 3.35. The number of ether oxygens (including phenoxy) is 2. The zero-order valence-corrected chi connectivity index (χ0v) is 16.2. The predicted molar refractivity (Wildman–Crippen MR) is 105 cm³/mol. The van der Waals surface area contributed by atoms with Crippen LogP contribution in [-0.4, -0.2) is 52.1 Å². The van der Waals surface area contributed by atoms with Gasteiger partial charge in [0.1, 0.15) is 22.8 Å². The van der Waals surface area contributed by atoms with Crippen molar-refractivity contribution in [1.82, 2.24) is 20.2 Å². The largest absolute Gasteiger partial charge is 0.490 e. The SMILES string of the molecule is Cc1cnc(-c2ccn[nH]2)c2nc(N3CCOCC3C)cc(OC(C)C)c12. The summed E-state index contributed by atoms with van der Waals surface area (Å²) in [5, 5.41) is 8.07. The van der Waals surface area contributed by atoms with E-state index in [-0.39, 0.29) is 12.1 Å². The van der Waals surface area contributed by atoms with Gasteiger partial charge in [0.2, 0.25) is 0 Å². The van der Waals surface area contributed by atoms with Gasteiger partial charge < -0.3 is 14.4 Å². The lowest BCUT2D eigenvalue weighted by Gasteiger charge is -2.34. The van der Waals surface area contributed by atoms with Crippen LogP contribution in [-0.2, 0) is 4.74 Å². The van der Waals surface area contributed by atoms with Gasteiger partial charge in [-0.25, -0.2) is 4.98 Å². The average Bonchev–Trinajstić information content (AvgIpc) is 3.16. The number of pyridine rings is 2. The third-order valence-electron chi connectivity index (χ3n) is 4.76. The molecule has 1 fully saturated rings. The summed E-state index contributed by atoms with van der Waals surface area (Å²) in [6, 6.07) is 4.21. The molecule has 1 saturated heterocycles. The highest BCUT2D eigenvalue weighted by Gasteiger charge is 2.24. The van der Waals surface area contributed by atoms with Gasteiger partial charge in [-0.2, -0.15) is 5.10 Å². The number of morpholine rings is 1. The van der Waals surface area contributed by atoms with E-state index in [0.717, 1.165) is 46.0 Å². The lowest BCUT2D eigenvalue weighted by molar-refractivity contribution is 0.0985. The quantitative estimate of drug-likeness (QED) is 0.762. The van der Waals surface area contributed by atoms with Crippen molar-refractivity contribution in [2.24, 2.45) is 0 Å². The fraction of sp³-hybridized carbons (Fsp3) is 0.450. The molecule has 27 heavy (non-hydrogen) atoms. The molecule has 1 N–H and O–H groups in total. The summed E-state index contributed by atoms with van der Waals surface area (Å²) in [6.07, 6.45) is 3.65. The summed E-state index contributed by atoms with van der Waals surface area (Å²) >= 11 is 0. The number of aromatic nitrogens is 4. The monoisotopic (exact) mass is 367 g/mol. The zero-order valence-electron chi connectivity index (χ0n) is 16.2. The zero-order chi connectivity index (χ0) is 19.0. The van der Waals surface area contributed by atoms with Gasteiger partial charge in [-0.3, -0.25) is 10.1 Å². The van der Waals surface area contributed by atoms with E-state index in [1.807, 2.05) is 39.1 Å². The Kier molecular flexibility index (Phi) is 4.70. The number of H-pyrrole nitrogens is 1. The molecule has 0 radical (unpaired) electrons. The molecule has 0 saturated carbocycles. The van der Waals surface area contributed by atoms with Crippen molar-refractivity contribution in [2.45, 2.75) is 39.8 Å². The van der Waals surface area contributed by atoms with Gasteiger partial charge in [0.25, 0.3) is 0 Å². The topological polar surface area (TPSA) is 76.2 Å². The molecule has 3 aromatic rings. The van der Waals surface area contributed by atoms with Gasteiger partial charge in [-0.1, -0.05) is 0 Å². The molecule has 7 heteroatoms. The van der Waals surface area contributed by atoms with Crippen molar-refractivity contribution in [1.29, 1.82) is 0 Å². The van der Waals surface area contributed by atoms with Gasteiger partial charge >= 0.3 is 0 Å². The number of hydrogen-bond acceptors (Lipinski definition) is 6. The van der Waals surface area contributed by atoms with Crippen LogP contribution in [0.15, 0.2) is 24.5 Å². The molecular weight excluding hydrogens is 342 g/mol. The van der Waals surface area contributed by atoms with Gasteiger partial charge in [0, 0.05) is 30.4 Å². The second-order valence-corrected chi connectivity index (χ2v) is 7.25. The number of nitrogens with one attached hydrogen (secondary N) is 1. The smallest absolute Gasteiger partial charge is 0.133 e. The van der Waals surface area contributed by atoms with Gasteiger partial charge in [-0.05, 0) is 39.3 Å². The molecule has 7 nitrogen and oxygen atoms in total. The van der Waals surface area contributed by atoms with Crippen molar-refractivity contribution < 1.29 is 9.47 Å². The highest BCUT2D eigenvalue weighted by molar-refractivity contribution is 5.97. The Hall–Kier alpha value is -2.67. The molecule has 4 heterocycles. The van der Waals surface area contributed by atoms with E-state index in [4.69, 9.17) is 14.5 Å².